The Kier molecular flexibility index (Phi) is 4.20. The molecule has 20 heavy (non-hydrogen) atoms. The minimum absolute atomic E-state index is 0.206. The summed E-state index contributed by atoms with van der Waals surface area (Å²) in [5.41, 5.74) is 2.00. The molecule has 0 fully saturated rings. The van der Waals surface area contributed by atoms with E-state index in [9.17, 15) is 13.2 Å². The van der Waals surface area contributed by atoms with Gasteiger partial charge in [-0.2, -0.15) is 0 Å². The van der Waals surface area contributed by atoms with E-state index in [0.717, 1.165) is 5.56 Å². The van der Waals surface area contributed by atoms with Gasteiger partial charge in [0.1, 0.15) is 5.75 Å². The van der Waals surface area contributed by atoms with Crippen LogP contribution in [-0.2, 0) is 6.61 Å². The van der Waals surface area contributed by atoms with Crippen molar-refractivity contribution in [1.82, 2.24) is 0 Å². The molecule has 0 saturated heterocycles. The molecule has 2 nitrogen and oxygen atoms in total. The first-order chi connectivity index (χ1) is 9.39. The van der Waals surface area contributed by atoms with E-state index in [-0.39, 0.29) is 12.4 Å². The summed E-state index contributed by atoms with van der Waals surface area (Å²) in [6, 6.07) is 10.5. The first-order valence-electron chi connectivity index (χ1n) is 5.64. The standard InChI is InChI=1S/C14H10ClF3O2/c15-13-6-3-10(7-11(13)8-19)9-1-4-12(5-2-9)20-14(16,17)18/h1-7,19H,8H2. The molecule has 0 aliphatic rings. The number of halogens is 4. The maximum atomic E-state index is 12.0. The predicted molar refractivity (Wildman–Crippen MR) is 69.5 cm³/mol. The van der Waals surface area contributed by atoms with Crippen LogP contribution >= 0.6 is 11.6 Å². The van der Waals surface area contributed by atoms with Crippen molar-refractivity contribution >= 4 is 11.6 Å². The third kappa shape index (κ3) is 3.65. The van der Waals surface area contributed by atoms with Crippen molar-refractivity contribution < 1.29 is 23.0 Å². The van der Waals surface area contributed by atoms with Gasteiger partial charge >= 0.3 is 6.36 Å². The molecule has 6 heteroatoms. The van der Waals surface area contributed by atoms with Crippen LogP contribution in [0.5, 0.6) is 5.75 Å². The van der Waals surface area contributed by atoms with Crippen LogP contribution in [-0.4, -0.2) is 11.5 Å². The van der Waals surface area contributed by atoms with Crippen LogP contribution in [0.4, 0.5) is 13.2 Å². The Labute approximate surface area is 118 Å². The number of aliphatic hydroxyl groups excluding tert-OH is 1. The predicted octanol–water partition coefficient (Wildman–Crippen LogP) is 4.40. The lowest BCUT2D eigenvalue weighted by atomic mass is 10.0. The Hall–Kier alpha value is -1.72. The average molecular weight is 303 g/mol. The summed E-state index contributed by atoms with van der Waals surface area (Å²) in [6.45, 7) is -0.206. The lowest BCUT2D eigenvalue weighted by molar-refractivity contribution is -0.274. The smallest absolute Gasteiger partial charge is 0.406 e. The van der Waals surface area contributed by atoms with E-state index < -0.39 is 6.36 Å². The third-order valence-electron chi connectivity index (χ3n) is 2.64. The van der Waals surface area contributed by atoms with Crippen molar-refractivity contribution in [2.45, 2.75) is 13.0 Å². The summed E-state index contributed by atoms with van der Waals surface area (Å²) in [4.78, 5) is 0. The van der Waals surface area contributed by atoms with Crippen LogP contribution in [0.15, 0.2) is 42.5 Å². The molecule has 0 heterocycles. The van der Waals surface area contributed by atoms with Gasteiger partial charge in [0.25, 0.3) is 0 Å². The van der Waals surface area contributed by atoms with Crippen molar-refractivity contribution in [1.29, 1.82) is 0 Å². The first kappa shape index (κ1) is 14.7. The summed E-state index contributed by atoms with van der Waals surface area (Å²) >= 11 is 5.88. The van der Waals surface area contributed by atoms with Crippen molar-refractivity contribution in [3.05, 3.63) is 53.1 Å². The van der Waals surface area contributed by atoms with Gasteiger partial charge in [0.2, 0.25) is 0 Å². The van der Waals surface area contributed by atoms with Gasteiger partial charge in [0, 0.05) is 5.02 Å². The fraction of sp³-hybridized carbons (Fsp3) is 0.143. The number of rotatable bonds is 3. The van der Waals surface area contributed by atoms with E-state index in [1.54, 1.807) is 18.2 Å². The van der Waals surface area contributed by atoms with Gasteiger partial charge in [-0.3, -0.25) is 0 Å². The first-order valence-corrected chi connectivity index (χ1v) is 6.02. The second-order valence-corrected chi connectivity index (χ2v) is 4.44. The number of aliphatic hydroxyl groups is 1. The minimum atomic E-state index is -4.70. The third-order valence-corrected chi connectivity index (χ3v) is 3.01. The van der Waals surface area contributed by atoms with Crippen LogP contribution < -0.4 is 4.74 Å². The Morgan fingerprint density at radius 1 is 1.00 bits per heavy atom. The molecule has 0 aliphatic heterocycles. The quantitative estimate of drug-likeness (QED) is 0.910. The maximum absolute atomic E-state index is 12.0. The molecule has 1 N–H and O–H groups in total. The van der Waals surface area contributed by atoms with E-state index in [2.05, 4.69) is 4.74 Å². The Bertz CT molecular complexity index is 594. The van der Waals surface area contributed by atoms with E-state index in [0.29, 0.717) is 16.1 Å². The lowest BCUT2D eigenvalue weighted by Crippen LogP contribution is -2.16. The van der Waals surface area contributed by atoms with Gasteiger partial charge < -0.3 is 9.84 Å². The zero-order chi connectivity index (χ0) is 14.8. The highest BCUT2D eigenvalue weighted by Crippen LogP contribution is 2.28. The summed E-state index contributed by atoms with van der Waals surface area (Å²) in [6.07, 6.45) is -4.70. The molecule has 2 aromatic carbocycles. The number of hydrogen-bond donors (Lipinski definition) is 1. The Morgan fingerprint density at radius 3 is 2.15 bits per heavy atom. The molecule has 0 saturated carbocycles. The van der Waals surface area contributed by atoms with Gasteiger partial charge in [-0.1, -0.05) is 29.8 Å². The Balaban J connectivity index is 2.26. The molecular formula is C14H10ClF3O2. The normalized spacial score (nSPS) is 11.4. The maximum Gasteiger partial charge on any atom is 0.573 e. The van der Waals surface area contributed by atoms with Crippen molar-refractivity contribution in [3.8, 4) is 16.9 Å². The number of hydrogen-bond acceptors (Lipinski definition) is 2. The van der Waals surface area contributed by atoms with Gasteiger partial charge in [-0.25, -0.2) is 0 Å². The number of ether oxygens (including phenoxy) is 1. The molecule has 0 bridgehead atoms. The molecule has 0 atom stereocenters. The van der Waals surface area contributed by atoms with E-state index in [1.807, 2.05) is 0 Å². The van der Waals surface area contributed by atoms with Crippen LogP contribution in [0, 0.1) is 0 Å². The zero-order valence-corrected chi connectivity index (χ0v) is 10.9. The van der Waals surface area contributed by atoms with Crippen molar-refractivity contribution in [2.75, 3.05) is 0 Å². The Morgan fingerprint density at radius 2 is 1.60 bits per heavy atom. The fourth-order valence-corrected chi connectivity index (χ4v) is 1.90. The molecule has 0 aromatic heterocycles. The van der Waals surface area contributed by atoms with Gasteiger partial charge in [-0.05, 0) is 41.0 Å². The van der Waals surface area contributed by atoms with E-state index >= 15 is 0 Å². The molecule has 0 unspecified atom stereocenters. The molecule has 0 radical (unpaired) electrons. The largest absolute Gasteiger partial charge is 0.573 e. The van der Waals surface area contributed by atoms with Crippen molar-refractivity contribution in [2.24, 2.45) is 0 Å². The fourth-order valence-electron chi connectivity index (χ4n) is 1.72. The molecule has 0 aliphatic carbocycles. The SMILES string of the molecule is OCc1cc(-c2ccc(OC(F)(F)F)cc2)ccc1Cl. The summed E-state index contributed by atoms with van der Waals surface area (Å²) in [7, 11) is 0. The topological polar surface area (TPSA) is 29.5 Å². The summed E-state index contributed by atoms with van der Waals surface area (Å²) in [5.74, 6) is -0.280. The highest BCUT2D eigenvalue weighted by Gasteiger charge is 2.30. The van der Waals surface area contributed by atoms with E-state index in [4.69, 9.17) is 16.7 Å². The van der Waals surface area contributed by atoms with Crippen LogP contribution in [0.1, 0.15) is 5.56 Å². The summed E-state index contributed by atoms with van der Waals surface area (Å²) in [5, 5.41) is 9.57. The second-order valence-electron chi connectivity index (χ2n) is 4.04. The molecule has 2 rings (SSSR count). The van der Waals surface area contributed by atoms with Gasteiger partial charge in [-0.15, -0.1) is 13.2 Å². The zero-order valence-electron chi connectivity index (χ0n) is 10.1. The average Bonchev–Trinajstić information content (AvgIpc) is 2.38. The number of alkyl halides is 3. The second kappa shape index (κ2) is 5.73. The monoisotopic (exact) mass is 302 g/mol. The molecular weight excluding hydrogens is 293 g/mol. The van der Waals surface area contributed by atoms with Crippen LogP contribution in [0.25, 0.3) is 11.1 Å². The molecule has 0 amide bonds. The lowest BCUT2D eigenvalue weighted by Gasteiger charge is -2.10. The molecule has 106 valence electrons. The van der Waals surface area contributed by atoms with Crippen LogP contribution in [0.2, 0.25) is 5.02 Å². The highest BCUT2D eigenvalue weighted by molar-refractivity contribution is 6.31. The van der Waals surface area contributed by atoms with Gasteiger partial charge in [0.15, 0.2) is 0 Å². The van der Waals surface area contributed by atoms with Crippen LogP contribution in [0.3, 0.4) is 0 Å². The van der Waals surface area contributed by atoms with Gasteiger partial charge in [0.05, 0.1) is 6.61 Å². The molecule has 2 aromatic rings. The summed E-state index contributed by atoms with van der Waals surface area (Å²) < 4.78 is 39.9. The van der Waals surface area contributed by atoms with E-state index in [1.165, 1.54) is 24.3 Å². The minimum Gasteiger partial charge on any atom is -0.406 e. The van der Waals surface area contributed by atoms with Crippen molar-refractivity contribution in [3.63, 3.8) is 0 Å². The molecule has 0 spiro atoms. The number of benzene rings is 2. The highest BCUT2D eigenvalue weighted by atomic mass is 35.5.